The lowest BCUT2D eigenvalue weighted by molar-refractivity contribution is 0.408. The molecule has 0 spiro atoms. The lowest BCUT2D eigenvalue weighted by atomic mass is 10.4. The maximum absolute atomic E-state index is 2.50. The van der Waals surface area contributed by atoms with Crippen molar-refractivity contribution in [1.82, 2.24) is 4.90 Å². The van der Waals surface area contributed by atoms with Gasteiger partial charge in [0.2, 0.25) is 0 Å². The molecule has 0 aromatic carbocycles. The highest BCUT2D eigenvalue weighted by molar-refractivity contribution is 4.97. The minimum absolute atomic E-state index is 0.750. The fraction of sp³-hybridized carbons (Fsp3) is 1.00. The van der Waals surface area contributed by atoms with Crippen molar-refractivity contribution in [3.05, 3.63) is 0 Å². The van der Waals surface area contributed by atoms with Crippen LogP contribution in [-0.4, -0.2) is 23.0 Å². The molecule has 0 amide bonds. The van der Waals surface area contributed by atoms with Crippen LogP contribution in [0, 0.1) is 0 Å². The summed E-state index contributed by atoms with van der Waals surface area (Å²) < 4.78 is 0. The zero-order valence-corrected chi connectivity index (χ0v) is 6.18. The Morgan fingerprint density at radius 3 is 1.50 bits per heavy atom. The summed E-state index contributed by atoms with van der Waals surface area (Å²) in [5, 5.41) is 0. The molecule has 1 nitrogen and oxygen atoms in total. The normalized spacial score (nSPS) is 45.4. The first-order chi connectivity index (χ1) is 3.64. The van der Waals surface area contributed by atoms with E-state index in [1.54, 1.807) is 0 Å². The van der Waals surface area contributed by atoms with Gasteiger partial charge in [0.15, 0.2) is 0 Å². The van der Waals surface area contributed by atoms with Crippen LogP contribution in [-0.2, 0) is 0 Å². The van der Waals surface area contributed by atoms with Gasteiger partial charge in [-0.3, -0.25) is 4.90 Å². The van der Waals surface area contributed by atoms with Crippen molar-refractivity contribution in [1.29, 1.82) is 0 Å². The van der Waals surface area contributed by atoms with E-state index in [-0.39, 0.29) is 0 Å². The quantitative estimate of drug-likeness (QED) is 0.465. The van der Waals surface area contributed by atoms with Crippen LogP contribution in [0.25, 0.3) is 0 Å². The molecule has 1 heteroatoms. The second kappa shape index (κ2) is 1.73. The van der Waals surface area contributed by atoms with Gasteiger partial charge in [-0.05, 0) is 27.7 Å². The highest BCUT2D eigenvalue weighted by Crippen LogP contribution is 2.29. The average Bonchev–Trinajstić information content (AvgIpc) is 2.15. The third-order valence-corrected chi connectivity index (χ3v) is 2.15. The fourth-order valence-electron chi connectivity index (χ4n) is 1.47. The summed E-state index contributed by atoms with van der Waals surface area (Å²) in [7, 11) is 0. The van der Waals surface area contributed by atoms with E-state index in [4.69, 9.17) is 0 Å². The molecule has 1 saturated heterocycles. The van der Waals surface area contributed by atoms with Gasteiger partial charge in [0.25, 0.3) is 0 Å². The van der Waals surface area contributed by atoms with Crippen molar-refractivity contribution in [3.8, 4) is 0 Å². The van der Waals surface area contributed by atoms with Gasteiger partial charge >= 0.3 is 0 Å². The average molecular weight is 113 g/mol. The second-order valence-corrected chi connectivity index (χ2v) is 3.02. The first-order valence-corrected chi connectivity index (χ1v) is 3.42. The Balaban J connectivity index is 2.33. The molecule has 1 aliphatic rings. The molecule has 1 fully saturated rings. The Hall–Kier alpha value is -0.0400. The maximum atomic E-state index is 2.50. The summed E-state index contributed by atoms with van der Waals surface area (Å²) in [6, 6.07) is 2.44. The van der Waals surface area contributed by atoms with E-state index in [0.717, 1.165) is 18.1 Å². The lowest BCUT2D eigenvalue weighted by Gasteiger charge is -2.04. The van der Waals surface area contributed by atoms with Gasteiger partial charge < -0.3 is 0 Å². The molecule has 0 bridgehead atoms. The molecule has 48 valence electrons. The van der Waals surface area contributed by atoms with Gasteiger partial charge in [-0.25, -0.2) is 0 Å². The van der Waals surface area contributed by atoms with Crippen molar-refractivity contribution in [2.45, 2.75) is 45.8 Å². The molecule has 0 aromatic heterocycles. The third kappa shape index (κ3) is 0.752. The third-order valence-electron chi connectivity index (χ3n) is 2.15. The van der Waals surface area contributed by atoms with Gasteiger partial charge in [0, 0.05) is 18.1 Å². The molecule has 1 heterocycles. The van der Waals surface area contributed by atoms with Gasteiger partial charge in [-0.15, -0.1) is 0 Å². The van der Waals surface area contributed by atoms with E-state index in [0.29, 0.717) is 0 Å². The Kier molecular flexibility index (Phi) is 1.31. The number of nitrogens with zero attached hydrogens (tertiary/aromatic N) is 1. The predicted molar refractivity (Wildman–Crippen MR) is 35.9 cm³/mol. The van der Waals surface area contributed by atoms with E-state index in [1.807, 2.05) is 0 Å². The Labute approximate surface area is 51.7 Å². The Morgan fingerprint density at radius 2 is 1.50 bits per heavy atom. The smallest absolute Gasteiger partial charge is 0.0227 e. The summed E-state index contributed by atoms with van der Waals surface area (Å²) in [5.41, 5.74) is 0. The Bertz CT molecular complexity index is 73.6. The molecule has 0 saturated carbocycles. The zero-order valence-electron chi connectivity index (χ0n) is 6.18. The van der Waals surface area contributed by atoms with Crippen LogP contribution in [0.5, 0.6) is 0 Å². The minimum atomic E-state index is 0.750. The van der Waals surface area contributed by atoms with Gasteiger partial charge in [0.1, 0.15) is 0 Å². The number of hydrogen-bond donors (Lipinski definition) is 0. The monoisotopic (exact) mass is 113 g/mol. The van der Waals surface area contributed by atoms with E-state index in [2.05, 4.69) is 32.6 Å². The molecule has 0 N–H and O–H groups in total. The van der Waals surface area contributed by atoms with Crippen LogP contribution in [0.4, 0.5) is 0 Å². The van der Waals surface area contributed by atoms with Crippen LogP contribution >= 0.6 is 0 Å². The minimum Gasteiger partial charge on any atom is -0.293 e. The highest BCUT2D eigenvalue weighted by atomic mass is 15.4. The van der Waals surface area contributed by atoms with E-state index in [1.165, 1.54) is 0 Å². The van der Waals surface area contributed by atoms with Crippen LogP contribution in [0.1, 0.15) is 27.7 Å². The van der Waals surface area contributed by atoms with Crippen molar-refractivity contribution in [3.63, 3.8) is 0 Å². The molecule has 1 aliphatic heterocycles. The first-order valence-electron chi connectivity index (χ1n) is 3.42. The molecule has 1 unspecified atom stereocenters. The van der Waals surface area contributed by atoms with Crippen LogP contribution in [0.2, 0.25) is 0 Å². The molecule has 0 radical (unpaired) electrons. The van der Waals surface area contributed by atoms with Crippen molar-refractivity contribution in [2.24, 2.45) is 0 Å². The van der Waals surface area contributed by atoms with Gasteiger partial charge in [-0.1, -0.05) is 0 Å². The molecule has 0 aromatic rings. The Morgan fingerprint density at radius 1 is 1.12 bits per heavy atom. The molecular formula is C7H15N. The standard InChI is InChI=1S/C7H15N/c1-5(2)8-6(3)7(8)4/h5-7H,1-4H3/t6-,7+,8?. The summed E-state index contributed by atoms with van der Waals surface area (Å²) in [6.07, 6.45) is 0. The van der Waals surface area contributed by atoms with Crippen molar-refractivity contribution in [2.75, 3.05) is 0 Å². The first kappa shape index (κ1) is 6.09. The van der Waals surface area contributed by atoms with Crippen LogP contribution < -0.4 is 0 Å². The predicted octanol–water partition coefficient (Wildman–Crippen LogP) is 1.49. The van der Waals surface area contributed by atoms with Gasteiger partial charge in [0.05, 0.1) is 0 Å². The summed E-state index contributed by atoms with van der Waals surface area (Å²) >= 11 is 0. The topological polar surface area (TPSA) is 3.01 Å². The maximum Gasteiger partial charge on any atom is 0.0227 e. The zero-order chi connectivity index (χ0) is 6.31. The molecule has 8 heavy (non-hydrogen) atoms. The molecule has 1 rings (SSSR count). The second-order valence-electron chi connectivity index (χ2n) is 3.02. The van der Waals surface area contributed by atoms with E-state index < -0.39 is 0 Å². The van der Waals surface area contributed by atoms with Crippen LogP contribution in [0.15, 0.2) is 0 Å². The van der Waals surface area contributed by atoms with E-state index >= 15 is 0 Å². The fourth-order valence-corrected chi connectivity index (χ4v) is 1.47. The van der Waals surface area contributed by atoms with Crippen LogP contribution in [0.3, 0.4) is 0 Å². The van der Waals surface area contributed by atoms with Gasteiger partial charge in [-0.2, -0.15) is 0 Å². The summed E-state index contributed by atoms with van der Waals surface area (Å²) in [4.78, 5) is 2.50. The molecular weight excluding hydrogens is 98.1 g/mol. The van der Waals surface area contributed by atoms with Crippen molar-refractivity contribution < 1.29 is 0 Å². The SMILES string of the molecule is CC(C)N1[C@H](C)[C@@H]1C. The highest BCUT2D eigenvalue weighted by Gasteiger charge is 2.40. The largest absolute Gasteiger partial charge is 0.293 e. The number of hydrogen-bond acceptors (Lipinski definition) is 1. The molecule has 0 aliphatic carbocycles. The molecule has 3 atom stereocenters. The summed E-state index contributed by atoms with van der Waals surface area (Å²) in [5.74, 6) is 0. The lowest BCUT2D eigenvalue weighted by Crippen LogP contribution is -2.11. The number of rotatable bonds is 1. The van der Waals surface area contributed by atoms with E-state index in [9.17, 15) is 0 Å². The van der Waals surface area contributed by atoms with Crippen molar-refractivity contribution >= 4 is 0 Å². The summed E-state index contributed by atoms with van der Waals surface area (Å²) in [6.45, 7) is 9.06.